The third-order valence-corrected chi connectivity index (χ3v) is 3.70. The van der Waals surface area contributed by atoms with Crippen LogP contribution in [-0.2, 0) is 4.79 Å². The van der Waals surface area contributed by atoms with Crippen LogP contribution >= 0.6 is 15.9 Å². The molecule has 1 saturated heterocycles. The van der Waals surface area contributed by atoms with Crippen LogP contribution in [0.5, 0.6) is 5.75 Å². The second kappa shape index (κ2) is 4.87. The third-order valence-electron chi connectivity index (χ3n) is 2.79. The summed E-state index contributed by atoms with van der Waals surface area (Å²) in [5, 5.41) is 0.874. The van der Waals surface area contributed by atoms with E-state index in [0.717, 1.165) is 23.3 Å². The number of halogens is 1. The Morgan fingerprint density at radius 2 is 2.38 bits per heavy atom. The number of rotatable bonds is 3. The molecule has 4 heteroatoms. The molecule has 0 bridgehead atoms. The van der Waals surface area contributed by atoms with Crippen molar-refractivity contribution in [1.29, 1.82) is 0 Å². The molecular formula is C12H14BrNO2. The number of alkyl halides is 1. The van der Waals surface area contributed by atoms with Gasteiger partial charge in [-0.2, -0.15) is 0 Å². The molecule has 0 aliphatic carbocycles. The number of anilines is 1. The number of hydrogen-bond donors (Lipinski definition) is 0. The molecular weight excluding hydrogens is 270 g/mol. The minimum Gasteiger partial charge on any atom is -0.497 e. The lowest BCUT2D eigenvalue weighted by Gasteiger charge is -2.17. The highest BCUT2D eigenvalue weighted by molar-refractivity contribution is 9.09. The van der Waals surface area contributed by atoms with Gasteiger partial charge in [0.05, 0.1) is 7.11 Å². The van der Waals surface area contributed by atoms with Crippen molar-refractivity contribution in [2.45, 2.75) is 6.42 Å². The molecule has 1 aliphatic heterocycles. The van der Waals surface area contributed by atoms with E-state index in [-0.39, 0.29) is 5.91 Å². The van der Waals surface area contributed by atoms with E-state index in [1.54, 1.807) is 7.11 Å². The van der Waals surface area contributed by atoms with Crippen LogP contribution in [0.3, 0.4) is 0 Å². The summed E-state index contributed by atoms with van der Waals surface area (Å²) in [6.07, 6.45) is 0.627. The molecule has 0 radical (unpaired) electrons. The molecule has 3 nitrogen and oxygen atoms in total. The predicted octanol–water partition coefficient (Wildman–Crippen LogP) is 2.44. The number of benzene rings is 1. The fourth-order valence-corrected chi connectivity index (χ4v) is 2.35. The van der Waals surface area contributed by atoms with Crippen molar-refractivity contribution in [3.8, 4) is 5.75 Å². The number of hydrogen-bond acceptors (Lipinski definition) is 2. The van der Waals surface area contributed by atoms with E-state index in [4.69, 9.17) is 4.74 Å². The summed E-state index contributed by atoms with van der Waals surface area (Å²) in [6.45, 7) is 0.789. The van der Waals surface area contributed by atoms with Crippen LogP contribution in [0.15, 0.2) is 24.3 Å². The zero-order chi connectivity index (χ0) is 11.5. The van der Waals surface area contributed by atoms with Crippen molar-refractivity contribution < 1.29 is 9.53 Å². The lowest BCUT2D eigenvalue weighted by molar-refractivity contribution is -0.117. The molecule has 1 unspecified atom stereocenters. The lowest BCUT2D eigenvalue weighted by Crippen LogP contribution is -2.24. The molecule has 1 heterocycles. The zero-order valence-electron chi connectivity index (χ0n) is 9.15. The zero-order valence-corrected chi connectivity index (χ0v) is 10.7. The Labute approximate surface area is 104 Å². The van der Waals surface area contributed by atoms with Gasteiger partial charge in [-0.3, -0.25) is 4.79 Å². The molecule has 0 N–H and O–H groups in total. The van der Waals surface area contributed by atoms with Crippen molar-refractivity contribution >= 4 is 27.5 Å². The summed E-state index contributed by atoms with van der Waals surface area (Å²) in [7, 11) is 1.63. The van der Waals surface area contributed by atoms with E-state index in [9.17, 15) is 4.79 Å². The van der Waals surface area contributed by atoms with E-state index < -0.39 is 0 Å². The van der Waals surface area contributed by atoms with Gasteiger partial charge in [-0.05, 0) is 18.1 Å². The van der Waals surface area contributed by atoms with Crippen LogP contribution in [-0.4, -0.2) is 24.9 Å². The molecule has 0 saturated carbocycles. The number of nitrogens with zero attached hydrogens (tertiary/aromatic N) is 1. The predicted molar refractivity (Wildman–Crippen MR) is 67.2 cm³/mol. The van der Waals surface area contributed by atoms with E-state index >= 15 is 0 Å². The Balaban J connectivity index is 2.20. The van der Waals surface area contributed by atoms with E-state index in [0.29, 0.717) is 12.3 Å². The average molecular weight is 284 g/mol. The fourth-order valence-electron chi connectivity index (χ4n) is 1.91. The van der Waals surface area contributed by atoms with Crippen LogP contribution in [0.25, 0.3) is 0 Å². The number of methoxy groups -OCH3 is 1. The minimum atomic E-state index is 0.192. The first-order valence-corrected chi connectivity index (χ1v) is 6.37. The van der Waals surface area contributed by atoms with Crippen molar-refractivity contribution in [1.82, 2.24) is 0 Å². The summed E-state index contributed by atoms with van der Waals surface area (Å²) < 4.78 is 5.16. The highest BCUT2D eigenvalue weighted by atomic mass is 79.9. The van der Waals surface area contributed by atoms with Gasteiger partial charge in [0.1, 0.15) is 5.75 Å². The quantitative estimate of drug-likeness (QED) is 0.798. The first-order chi connectivity index (χ1) is 7.74. The van der Waals surface area contributed by atoms with Gasteiger partial charge < -0.3 is 9.64 Å². The van der Waals surface area contributed by atoms with Gasteiger partial charge in [-0.25, -0.2) is 0 Å². The standard InChI is InChI=1S/C12H14BrNO2/c1-16-11-4-2-3-10(6-11)14-8-9(7-13)5-12(14)15/h2-4,6,9H,5,7-8H2,1H3. The van der Waals surface area contributed by atoms with Gasteiger partial charge in [0.25, 0.3) is 0 Å². The highest BCUT2D eigenvalue weighted by Crippen LogP contribution is 2.28. The Morgan fingerprint density at radius 3 is 3.00 bits per heavy atom. The normalized spacial score (nSPS) is 20.2. The molecule has 1 aliphatic rings. The van der Waals surface area contributed by atoms with Crippen molar-refractivity contribution in [2.24, 2.45) is 5.92 Å². The SMILES string of the molecule is COc1cccc(N2CC(CBr)CC2=O)c1. The topological polar surface area (TPSA) is 29.5 Å². The molecule has 1 atom stereocenters. The fraction of sp³-hybridized carbons (Fsp3) is 0.417. The summed E-state index contributed by atoms with van der Waals surface area (Å²) in [5.74, 6) is 1.39. The molecule has 0 aromatic heterocycles. The van der Waals surface area contributed by atoms with Gasteiger partial charge in [-0.15, -0.1) is 0 Å². The molecule has 1 aromatic carbocycles. The number of amides is 1. The largest absolute Gasteiger partial charge is 0.497 e. The second-order valence-corrected chi connectivity index (χ2v) is 4.58. The van der Waals surface area contributed by atoms with E-state index in [1.807, 2.05) is 29.2 Å². The first-order valence-electron chi connectivity index (χ1n) is 5.25. The maximum Gasteiger partial charge on any atom is 0.227 e. The molecule has 2 rings (SSSR count). The van der Waals surface area contributed by atoms with Crippen LogP contribution < -0.4 is 9.64 Å². The molecule has 1 fully saturated rings. The number of ether oxygens (including phenoxy) is 1. The van der Waals surface area contributed by atoms with Gasteiger partial charge >= 0.3 is 0 Å². The number of carbonyl (C=O) groups is 1. The summed E-state index contributed by atoms with van der Waals surface area (Å²) >= 11 is 3.43. The van der Waals surface area contributed by atoms with Crippen LogP contribution in [0.1, 0.15) is 6.42 Å². The van der Waals surface area contributed by atoms with Crippen LogP contribution in [0.2, 0.25) is 0 Å². The highest BCUT2D eigenvalue weighted by Gasteiger charge is 2.29. The molecule has 0 spiro atoms. The summed E-state index contributed by atoms with van der Waals surface area (Å²) in [6, 6.07) is 7.63. The first kappa shape index (κ1) is 11.5. The van der Waals surface area contributed by atoms with E-state index in [2.05, 4.69) is 15.9 Å². The molecule has 16 heavy (non-hydrogen) atoms. The lowest BCUT2D eigenvalue weighted by atomic mass is 10.2. The van der Waals surface area contributed by atoms with Gasteiger partial charge in [0.15, 0.2) is 0 Å². The third kappa shape index (κ3) is 2.21. The molecule has 1 aromatic rings. The van der Waals surface area contributed by atoms with Crippen molar-refractivity contribution in [3.63, 3.8) is 0 Å². The molecule has 86 valence electrons. The smallest absolute Gasteiger partial charge is 0.227 e. The Kier molecular flexibility index (Phi) is 3.49. The average Bonchev–Trinajstić information content (AvgIpc) is 2.71. The maximum atomic E-state index is 11.8. The van der Waals surface area contributed by atoms with Gasteiger partial charge in [0, 0.05) is 30.0 Å². The monoisotopic (exact) mass is 283 g/mol. The summed E-state index contributed by atoms with van der Waals surface area (Å²) in [4.78, 5) is 13.6. The Hall–Kier alpha value is -1.03. The van der Waals surface area contributed by atoms with Crippen molar-refractivity contribution in [3.05, 3.63) is 24.3 Å². The number of carbonyl (C=O) groups excluding carboxylic acids is 1. The Morgan fingerprint density at radius 1 is 1.56 bits per heavy atom. The minimum absolute atomic E-state index is 0.192. The molecule has 1 amide bonds. The maximum absolute atomic E-state index is 11.8. The second-order valence-electron chi connectivity index (χ2n) is 3.93. The van der Waals surface area contributed by atoms with Gasteiger partial charge in [0.2, 0.25) is 5.91 Å². The van der Waals surface area contributed by atoms with Gasteiger partial charge in [-0.1, -0.05) is 22.0 Å². The van der Waals surface area contributed by atoms with Crippen LogP contribution in [0, 0.1) is 5.92 Å². The van der Waals surface area contributed by atoms with Crippen molar-refractivity contribution in [2.75, 3.05) is 23.9 Å². The van der Waals surface area contributed by atoms with E-state index in [1.165, 1.54) is 0 Å². The Bertz CT molecular complexity index is 394. The summed E-state index contributed by atoms with van der Waals surface area (Å²) in [5.41, 5.74) is 0.924. The van der Waals surface area contributed by atoms with Crippen LogP contribution in [0.4, 0.5) is 5.69 Å².